The molecule has 0 bridgehead atoms. The fraction of sp³-hybridized carbons (Fsp3) is 0.583. The Labute approximate surface area is 178 Å². The maximum Gasteiger partial charge on any atom is 0.307 e. The van der Waals surface area contributed by atoms with Gasteiger partial charge in [0.15, 0.2) is 0 Å². The lowest BCUT2D eigenvalue weighted by Gasteiger charge is -2.26. The third-order valence-corrected chi connectivity index (χ3v) is 7.44. The van der Waals surface area contributed by atoms with Gasteiger partial charge in [-0.1, -0.05) is 36.3 Å². The van der Waals surface area contributed by atoms with Crippen molar-refractivity contribution < 1.29 is 0 Å². The first-order valence-corrected chi connectivity index (χ1v) is 11.9. The third-order valence-electron chi connectivity index (χ3n) is 6.44. The second-order valence-corrected chi connectivity index (χ2v) is 9.92. The van der Waals surface area contributed by atoms with E-state index >= 15 is 0 Å². The molecule has 4 nitrogen and oxygen atoms in total. The second kappa shape index (κ2) is 8.97. The largest absolute Gasteiger partial charge is 0.307 e. The minimum absolute atomic E-state index is 0.0137. The predicted octanol–water partition coefficient (Wildman–Crippen LogP) is 4.96. The van der Waals surface area contributed by atoms with Crippen molar-refractivity contribution in [3.05, 3.63) is 45.1 Å². The van der Waals surface area contributed by atoms with E-state index in [4.69, 9.17) is 4.99 Å². The van der Waals surface area contributed by atoms with Gasteiger partial charge in [-0.3, -0.25) is 9.79 Å². The summed E-state index contributed by atoms with van der Waals surface area (Å²) in [6.07, 6.45) is 14.3. The molecule has 0 N–H and O–H groups in total. The molecule has 1 fully saturated rings. The van der Waals surface area contributed by atoms with E-state index in [0.717, 1.165) is 35.9 Å². The van der Waals surface area contributed by atoms with Crippen LogP contribution in [0.2, 0.25) is 0 Å². The van der Waals surface area contributed by atoms with Crippen LogP contribution in [0.3, 0.4) is 0 Å². The minimum Gasteiger partial charge on any atom is -0.303 e. The van der Waals surface area contributed by atoms with E-state index in [1.807, 2.05) is 7.05 Å². The topological polar surface area (TPSA) is 37.6 Å². The van der Waals surface area contributed by atoms with Crippen LogP contribution < -0.4 is 4.87 Å². The van der Waals surface area contributed by atoms with Crippen molar-refractivity contribution in [3.63, 3.8) is 0 Å². The summed E-state index contributed by atoms with van der Waals surface area (Å²) in [6.45, 7) is 5.99. The molecule has 2 aliphatic heterocycles. The molecular formula is C24H33N3OS. The zero-order valence-corrected chi connectivity index (χ0v) is 18.6. The molecule has 0 spiro atoms. The van der Waals surface area contributed by atoms with E-state index in [2.05, 4.69) is 42.3 Å². The van der Waals surface area contributed by atoms with E-state index in [0.29, 0.717) is 0 Å². The van der Waals surface area contributed by atoms with Crippen LogP contribution in [0.15, 0.2) is 39.6 Å². The zero-order chi connectivity index (χ0) is 20.3. The van der Waals surface area contributed by atoms with Gasteiger partial charge in [-0.25, -0.2) is 0 Å². The fourth-order valence-electron chi connectivity index (χ4n) is 4.59. The molecule has 0 aliphatic carbocycles. The van der Waals surface area contributed by atoms with Crippen molar-refractivity contribution in [3.8, 4) is 0 Å². The molecule has 1 unspecified atom stereocenters. The number of nitrogens with zero attached hydrogens (tertiary/aromatic N) is 3. The number of rotatable bonds is 8. The van der Waals surface area contributed by atoms with Crippen LogP contribution >= 0.6 is 11.3 Å². The molecule has 1 atom stereocenters. The molecule has 2 aliphatic rings. The lowest BCUT2D eigenvalue weighted by molar-refractivity contribution is 0.232. The van der Waals surface area contributed by atoms with Crippen LogP contribution in [-0.2, 0) is 13.5 Å². The summed E-state index contributed by atoms with van der Waals surface area (Å²) in [5, 5.41) is 0. The van der Waals surface area contributed by atoms with Gasteiger partial charge >= 0.3 is 4.87 Å². The molecule has 2 aromatic rings. The number of thiazole rings is 1. The number of aryl methyl sites for hydroxylation is 2. The Morgan fingerprint density at radius 2 is 1.97 bits per heavy atom. The Bertz CT molecular complexity index is 964. The van der Waals surface area contributed by atoms with Gasteiger partial charge in [0.05, 0.1) is 15.8 Å². The Hall–Kier alpha value is -1.72. The third kappa shape index (κ3) is 5.07. The summed E-state index contributed by atoms with van der Waals surface area (Å²) in [5.41, 5.74) is 3.78. The van der Waals surface area contributed by atoms with Crippen molar-refractivity contribution >= 4 is 27.8 Å². The molecule has 1 aromatic carbocycles. The van der Waals surface area contributed by atoms with Crippen LogP contribution in [0.1, 0.15) is 57.4 Å². The van der Waals surface area contributed by atoms with E-state index in [1.165, 1.54) is 67.8 Å². The Morgan fingerprint density at radius 3 is 2.79 bits per heavy atom. The van der Waals surface area contributed by atoms with Gasteiger partial charge < -0.3 is 9.47 Å². The Kier molecular flexibility index (Phi) is 6.35. The molecule has 5 heteroatoms. The molecule has 0 radical (unpaired) electrons. The molecule has 29 heavy (non-hydrogen) atoms. The molecule has 156 valence electrons. The van der Waals surface area contributed by atoms with Gasteiger partial charge in [-0.05, 0) is 81.8 Å². The normalized spacial score (nSPS) is 22.5. The average molecular weight is 412 g/mol. The quantitative estimate of drug-likeness (QED) is 0.576. The van der Waals surface area contributed by atoms with E-state index < -0.39 is 0 Å². The lowest BCUT2D eigenvalue weighted by atomic mass is 9.93. The number of unbranched alkanes of at least 4 members (excludes halogenated alkanes) is 1. The summed E-state index contributed by atoms with van der Waals surface area (Å²) in [7, 11) is 1.85. The van der Waals surface area contributed by atoms with E-state index in [1.54, 1.807) is 4.57 Å². The Balaban J connectivity index is 1.23. The minimum atomic E-state index is -0.0137. The van der Waals surface area contributed by atoms with Crippen LogP contribution in [0.5, 0.6) is 0 Å². The Morgan fingerprint density at radius 1 is 1.14 bits per heavy atom. The number of aliphatic imine (C=N–C) groups is 1. The highest BCUT2D eigenvalue weighted by Gasteiger charge is 2.24. The van der Waals surface area contributed by atoms with Crippen molar-refractivity contribution in [2.75, 3.05) is 19.6 Å². The second-order valence-electron chi connectivity index (χ2n) is 8.92. The maximum atomic E-state index is 11.8. The van der Waals surface area contributed by atoms with Gasteiger partial charge in [0.2, 0.25) is 0 Å². The van der Waals surface area contributed by atoms with Crippen molar-refractivity contribution in [2.24, 2.45) is 12.0 Å². The molecular weight excluding hydrogens is 378 g/mol. The molecule has 0 amide bonds. The van der Waals surface area contributed by atoms with Gasteiger partial charge in [0, 0.05) is 19.8 Å². The molecule has 1 aromatic heterocycles. The van der Waals surface area contributed by atoms with Gasteiger partial charge in [0.1, 0.15) is 0 Å². The summed E-state index contributed by atoms with van der Waals surface area (Å²) < 4.78 is 2.83. The van der Waals surface area contributed by atoms with E-state index in [-0.39, 0.29) is 10.4 Å². The van der Waals surface area contributed by atoms with Gasteiger partial charge in [-0.2, -0.15) is 0 Å². The number of hydrogen-bond acceptors (Lipinski definition) is 4. The molecule has 1 saturated heterocycles. The number of aromatic nitrogens is 1. The van der Waals surface area contributed by atoms with Crippen LogP contribution in [0.4, 0.5) is 0 Å². The number of fused-ring (bicyclic) bond motifs is 1. The van der Waals surface area contributed by atoms with Crippen LogP contribution in [0.25, 0.3) is 10.2 Å². The van der Waals surface area contributed by atoms with Crippen LogP contribution in [0, 0.1) is 0 Å². The zero-order valence-electron chi connectivity index (χ0n) is 17.8. The fourth-order valence-corrected chi connectivity index (χ4v) is 5.54. The molecule has 0 saturated carbocycles. The monoisotopic (exact) mass is 411 g/mol. The highest BCUT2D eigenvalue weighted by molar-refractivity contribution is 7.16. The number of hydrogen-bond donors (Lipinski definition) is 0. The van der Waals surface area contributed by atoms with Crippen molar-refractivity contribution in [2.45, 2.75) is 63.8 Å². The SMILES string of the molecule is Cn1c(=O)sc2cc(CCCCC3(C)C=C(CCN4CCCCC4)C=N3)ccc21. The predicted molar refractivity (Wildman–Crippen MR) is 125 cm³/mol. The summed E-state index contributed by atoms with van der Waals surface area (Å²) in [4.78, 5) is 19.4. The number of benzene rings is 1. The first-order chi connectivity index (χ1) is 14.0. The maximum absolute atomic E-state index is 11.8. The smallest absolute Gasteiger partial charge is 0.303 e. The van der Waals surface area contributed by atoms with Crippen molar-refractivity contribution in [1.82, 2.24) is 9.47 Å². The number of likely N-dealkylation sites (tertiary alicyclic amines) is 1. The standard InChI is InChI=1S/C24H33N3OS/c1-24(17-20(18-25-24)11-15-27-13-6-3-7-14-27)12-5-4-8-19-9-10-21-22(16-19)29-23(28)26(21)2/h9-10,16-18H,3-8,11-15H2,1-2H3. The molecule has 4 rings (SSSR count). The summed E-state index contributed by atoms with van der Waals surface area (Å²) in [6, 6.07) is 6.44. The summed E-state index contributed by atoms with van der Waals surface area (Å²) >= 11 is 1.34. The first kappa shape index (κ1) is 20.5. The lowest BCUT2D eigenvalue weighted by Crippen LogP contribution is -2.30. The summed E-state index contributed by atoms with van der Waals surface area (Å²) in [5.74, 6) is 0. The highest BCUT2D eigenvalue weighted by atomic mass is 32.1. The van der Waals surface area contributed by atoms with Crippen molar-refractivity contribution in [1.29, 1.82) is 0 Å². The molecule has 3 heterocycles. The first-order valence-electron chi connectivity index (χ1n) is 11.1. The van der Waals surface area contributed by atoms with Gasteiger partial charge in [-0.15, -0.1) is 0 Å². The van der Waals surface area contributed by atoms with E-state index in [9.17, 15) is 4.79 Å². The average Bonchev–Trinajstić information content (AvgIpc) is 3.24. The van der Waals surface area contributed by atoms with Gasteiger partial charge in [0.25, 0.3) is 0 Å². The highest BCUT2D eigenvalue weighted by Crippen LogP contribution is 2.28. The number of piperidine rings is 1. The van der Waals surface area contributed by atoms with Crippen LogP contribution in [-0.4, -0.2) is 40.9 Å².